The average molecular weight is 337 g/mol. The molecule has 0 radical (unpaired) electrons. The van der Waals surface area contributed by atoms with Gasteiger partial charge in [-0.25, -0.2) is 0 Å². The number of halogens is 2. The van der Waals surface area contributed by atoms with Crippen LogP contribution in [0.15, 0.2) is 36.7 Å². The molecule has 0 amide bonds. The lowest BCUT2D eigenvalue weighted by Crippen LogP contribution is -2.21. The molecule has 1 aromatic heterocycles. The number of rotatable bonds is 4. The molecule has 1 aliphatic rings. The summed E-state index contributed by atoms with van der Waals surface area (Å²) in [7, 11) is 0. The molecule has 1 aromatic carbocycles. The van der Waals surface area contributed by atoms with Crippen LogP contribution < -0.4 is 10.1 Å². The number of pyridine rings is 1. The maximum Gasteiger partial charge on any atom is 0.157 e. The molecule has 2 heterocycles. The Kier molecular flexibility index (Phi) is 4.87. The smallest absolute Gasteiger partial charge is 0.157 e. The van der Waals surface area contributed by atoms with Gasteiger partial charge in [-0.1, -0.05) is 29.3 Å². The molecule has 116 valence electrons. The van der Waals surface area contributed by atoms with Crippen LogP contribution in [0.4, 0.5) is 0 Å². The van der Waals surface area contributed by atoms with Crippen molar-refractivity contribution in [1.82, 2.24) is 10.3 Å². The minimum absolute atomic E-state index is 0.0881. The Labute approximate surface area is 140 Å². The molecule has 2 aromatic rings. The zero-order valence-corrected chi connectivity index (χ0v) is 13.9. The number of aryl methyl sites for hydroxylation is 1. The van der Waals surface area contributed by atoms with E-state index in [9.17, 15) is 0 Å². The Balaban J connectivity index is 1.95. The number of hydrogen-bond acceptors (Lipinski definition) is 3. The maximum atomic E-state index is 6.40. The van der Waals surface area contributed by atoms with E-state index >= 15 is 0 Å². The quantitative estimate of drug-likeness (QED) is 0.896. The van der Waals surface area contributed by atoms with Crippen molar-refractivity contribution in [2.24, 2.45) is 5.92 Å². The summed E-state index contributed by atoms with van der Waals surface area (Å²) in [5.74, 6) is 0.951. The fourth-order valence-electron chi connectivity index (χ4n) is 2.79. The van der Waals surface area contributed by atoms with Gasteiger partial charge in [-0.05, 0) is 49.2 Å². The molecule has 0 saturated carbocycles. The maximum absolute atomic E-state index is 6.40. The molecule has 2 atom stereocenters. The van der Waals surface area contributed by atoms with Gasteiger partial charge in [-0.3, -0.25) is 4.98 Å². The topological polar surface area (TPSA) is 34.1 Å². The molecule has 1 aliphatic heterocycles. The molecular formula is C17H18Cl2N2O. The van der Waals surface area contributed by atoms with Crippen molar-refractivity contribution in [2.75, 3.05) is 13.1 Å². The average Bonchev–Trinajstić information content (AvgIpc) is 3.06. The molecule has 1 fully saturated rings. The number of aromatic nitrogens is 1. The van der Waals surface area contributed by atoms with E-state index in [-0.39, 0.29) is 6.10 Å². The van der Waals surface area contributed by atoms with E-state index in [1.54, 1.807) is 12.4 Å². The highest BCUT2D eigenvalue weighted by atomic mass is 35.5. The first-order chi connectivity index (χ1) is 10.7. The van der Waals surface area contributed by atoms with Crippen LogP contribution >= 0.6 is 23.2 Å². The van der Waals surface area contributed by atoms with Crippen molar-refractivity contribution < 1.29 is 4.74 Å². The second-order valence-corrected chi connectivity index (χ2v) is 6.36. The van der Waals surface area contributed by atoms with E-state index in [0.717, 1.165) is 30.6 Å². The minimum Gasteiger partial charge on any atom is -0.482 e. The van der Waals surface area contributed by atoms with Crippen LogP contribution in [0, 0.1) is 12.8 Å². The number of nitrogens with zero attached hydrogens (tertiary/aromatic N) is 1. The van der Waals surface area contributed by atoms with Crippen molar-refractivity contribution in [1.29, 1.82) is 0 Å². The molecule has 1 saturated heterocycles. The Morgan fingerprint density at radius 1 is 1.23 bits per heavy atom. The Hall–Kier alpha value is -1.29. The fourth-order valence-corrected chi connectivity index (χ4v) is 3.25. The van der Waals surface area contributed by atoms with Gasteiger partial charge < -0.3 is 10.1 Å². The van der Waals surface area contributed by atoms with Gasteiger partial charge in [0.25, 0.3) is 0 Å². The number of benzene rings is 1. The van der Waals surface area contributed by atoms with Gasteiger partial charge in [0.05, 0.1) is 10.0 Å². The molecule has 5 heteroatoms. The largest absolute Gasteiger partial charge is 0.482 e. The molecule has 0 aliphatic carbocycles. The molecule has 0 spiro atoms. The summed E-state index contributed by atoms with van der Waals surface area (Å²) in [6.45, 7) is 3.88. The van der Waals surface area contributed by atoms with Gasteiger partial charge in [0.1, 0.15) is 6.10 Å². The van der Waals surface area contributed by atoms with E-state index in [0.29, 0.717) is 21.7 Å². The second kappa shape index (κ2) is 6.86. The lowest BCUT2D eigenvalue weighted by molar-refractivity contribution is 0.144. The first-order valence-corrected chi connectivity index (χ1v) is 8.14. The van der Waals surface area contributed by atoms with Crippen LogP contribution in [0.3, 0.4) is 0 Å². The monoisotopic (exact) mass is 336 g/mol. The number of hydrogen-bond donors (Lipinski definition) is 1. The second-order valence-electron chi connectivity index (χ2n) is 5.58. The van der Waals surface area contributed by atoms with Crippen LogP contribution in [-0.4, -0.2) is 18.1 Å². The Morgan fingerprint density at radius 3 is 2.68 bits per heavy atom. The summed E-state index contributed by atoms with van der Waals surface area (Å²) in [5.41, 5.74) is 2.05. The zero-order chi connectivity index (χ0) is 15.5. The third-order valence-corrected chi connectivity index (χ3v) is 4.82. The summed E-state index contributed by atoms with van der Waals surface area (Å²) in [4.78, 5) is 4.09. The van der Waals surface area contributed by atoms with Crippen LogP contribution in [0.25, 0.3) is 0 Å². The van der Waals surface area contributed by atoms with Crippen LogP contribution in [0.5, 0.6) is 5.75 Å². The summed E-state index contributed by atoms with van der Waals surface area (Å²) in [6.07, 6.45) is 4.55. The molecule has 1 N–H and O–H groups in total. The van der Waals surface area contributed by atoms with Crippen molar-refractivity contribution in [3.8, 4) is 5.75 Å². The number of nitrogens with one attached hydrogen (secondary N) is 1. The highest BCUT2D eigenvalue weighted by molar-refractivity contribution is 6.37. The Bertz CT molecular complexity index is 643. The number of ether oxygens (including phenoxy) is 1. The van der Waals surface area contributed by atoms with Crippen molar-refractivity contribution >= 4 is 23.2 Å². The molecular weight excluding hydrogens is 319 g/mol. The third-order valence-electron chi connectivity index (χ3n) is 4.05. The Morgan fingerprint density at radius 2 is 2.00 bits per heavy atom. The SMILES string of the molecule is Cc1ccc(Cl)c(O[C@H](c2ccncc2)[C@@H]2CCNC2)c1Cl. The molecule has 3 nitrogen and oxygen atoms in total. The van der Waals surface area contributed by atoms with Crippen LogP contribution in [0.2, 0.25) is 10.0 Å². The molecule has 0 unspecified atom stereocenters. The summed E-state index contributed by atoms with van der Waals surface area (Å²) >= 11 is 12.7. The van der Waals surface area contributed by atoms with Gasteiger partial charge in [-0.15, -0.1) is 0 Å². The summed E-state index contributed by atoms with van der Waals surface area (Å²) in [5, 5.41) is 4.51. The lowest BCUT2D eigenvalue weighted by Gasteiger charge is -2.26. The lowest BCUT2D eigenvalue weighted by atomic mass is 9.95. The van der Waals surface area contributed by atoms with Crippen molar-refractivity contribution in [3.63, 3.8) is 0 Å². The van der Waals surface area contributed by atoms with Crippen LogP contribution in [-0.2, 0) is 0 Å². The van der Waals surface area contributed by atoms with Gasteiger partial charge in [-0.2, -0.15) is 0 Å². The first-order valence-electron chi connectivity index (χ1n) is 7.38. The normalized spacial score (nSPS) is 19.1. The first kappa shape index (κ1) is 15.6. The summed E-state index contributed by atoms with van der Waals surface area (Å²) in [6, 6.07) is 7.70. The van der Waals surface area contributed by atoms with E-state index in [2.05, 4.69) is 10.3 Å². The van der Waals surface area contributed by atoms with Gasteiger partial charge in [0.15, 0.2) is 5.75 Å². The van der Waals surface area contributed by atoms with E-state index in [4.69, 9.17) is 27.9 Å². The van der Waals surface area contributed by atoms with Crippen molar-refractivity contribution in [3.05, 3.63) is 57.8 Å². The highest BCUT2D eigenvalue weighted by Gasteiger charge is 2.29. The molecule has 0 bridgehead atoms. The van der Waals surface area contributed by atoms with E-state index < -0.39 is 0 Å². The predicted octanol–water partition coefficient (Wildman–Crippen LogP) is 4.43. The molecule has 22 heavy (non-hydrogen) atoms. The fraction of sp³-hybridized carbons (Fsp3) is 0.353. The predicted molar refractivity (Wildman–Crippen MR) is 89.8 cm³/mol. The van der Waals surface area contributed by atoms with Gasteiger partial charge in [0, 0.05) is 24.9 Å². The third kappa shape index (κ3) is 3.22. The summed E-state index contributed by atoms with van der Waals surface area (Å²) < 4.78 is 6.30. The molecule has 3 rings (SSSR count). The standard InChI is InChI=1S/C17H18Cl2N2O/c1-11-2-3-14(18)17(15(11)19)22-16(13-6-9-21-10-13)12-4-7-20-8-5-12/h2-5,7-8,13,16,21H,6,9-10H2,1H3/t13-,16-/m1/s1. The van der Waals surface area contributed by atoms with Crippen molar-refractivity contribution in [2.45, 2.75) is 19.4 Å². The minimum atomic E-state index is -0.0881. The van der Waals surface area contributed by atoms with Gasteiger partial charge in [0.2, 0.25) is 0 Å². The van der Waals surface area contributed by atoms with E-state index in [1.165, 1.54) is 0 Å². The highest BCUT2D eigenvalue weighted by Crippen LogP contribution is 2.40. The van der Waals surface area contributed by atoms with Crippen LogP contribution in [0.1, 0.15) is 23.7 Å². The van der Waals surface area contributed by atoms with E-state index in [1.807, 2.05) is 31.2 Å². The zero-order valence-electron chi connectivity index (χ0n) is 12.4. The van der Waals surface area contributed by atoms with Gasteiger partial charge >= 0.3 is 0 Å².